The van der Waals surface area contributed by atoms with E-state index in [1.807, 2.05) is 0 Å². The zero-order valence-electron chi connectivity index (χ0n) is 15.0. The Bertz CT molecular complexity index is 324. The third-order valence-corrected chi connectivity index (χ3v) is 4.01. The van der Waals surface area contributed by atoms with Gasteiger partial charge in [0.25, 0.3) is 0 Å². The molecule has 0 saturated heterocycles. The molecule has 1 aliphatic rings. The molecule has 1 fully saturated rings. The summed E-state index contributed by atoms with van der Waals surface area (Å²) in [7, 11) is 0. The fourth-order valence-corrected chi connectivity index (χ4v) is 3.20. The van der Waals surface area contributed by atoms with Crippen molar-refractivity contribution in [3.05, 3.63) is 0 Å². The molecule has 0 amide bonds. The lowest BCUT2D eigenvalue weighted by Gasteiger charge is -2.29. The number of guanidine groups is 1. The molecule has 0 heterocycles. The minimum Gasteiger partial charge on any atom is -0.393 e. The first-order chi connectivity index (χ1) is 9.82. The Kier molecular flexibility index (Phi) is 10.7. The van der Waals surface area contributed by atoms with E-state index < -0.39 is 0 Å². The average molecular weight is 425 g/mol. The van der Waals surface area contributed by atoms with E-state index >= 15 is 0 Å². The Morgan fingerprint density at radius 1 is 1.23 bits per heavy atom. The highest BCUT2D eigenvalue weighted by atomic mass is 127. The van der Waals surface area contributed by atoms with Crippen molar-refractivity contribution in [3.63, 3.8) is 0 Å². The molecule has 0 bridgehead atoms. The largest absolute Gasteiger partial charge is 0.393 e. The van der Waals surface area contributed by atoms with Crippen LogP contribution in [0.5, 0.6) is 0 Å². The van der Waals surface area contributed by atoms with E-state index in [-0.39, 0.29) is 35.5 Å². The van der Waals surface area contributed by atoms with Gasteiger partial charge in [0, 0.05) is 19.1 Å². The van der Waals surface area contributed by atoms with E-state index in [4.69, 9.17) is 4.99 Å². The third-order valence-electron chi connectivity index (χ3n) is 4.01. The zero-order chi connectivity index (χ0) is 15.9. The Labute approximate surface area is 154 Å². The minimum atomic E-state index is -0.104. The molecular formula is C17H36IN3O. The lowest BCUT2D eigenvalue weighted by atomic mass is 9.84. The molecule has 4 nitrogen and oxygen atoms in total. The standard InChI is InChI=1S/C17H35N3O.HI/c1-6-18-16(19-12-17(4,5)11-13(2)3)20-14-7-9-15(21)10-8-14;/h13-15,21H,6-12H2,1-5H3,(H2,18,19,20);1H. The van der Waals surface area contributed by atoms with Gasteiger partial charge in [-0.1, -0.05) is 27.7 Å². The van der Waals surface area contributed by atoms with E-state index in [0.717, 1.165) is 44.7 Å². The van der Waals surface area contributed by atoms with Gasteiger partial charge >= 0.3 is 0 Å². The van der Waals surface area contributed by atoms with Gasteiger partial charge in [-0.05, 0) is 50.4 Å². The first kappa shape index (κ1) is 22.0. The highest BCUT2D eigenvalue weighted by Gasteiger charge is 2.22. The summed E-state index contributed by atoms with van der Waals surface area (Å²) in [5.74, 6) is 1.63. The van der Waals surface area contributed by atoms with Crippen molar-refractivity contribution >= 4 is 29.9 Å². The van der Waals surface area contributed by atoms with Gasteiger partial charge in [-0.15, -0.1) is 24.0 Å². The maximum Gasteiger partial charge on any atom is 0.191 e. The number of aliphatic hydroxyl groups excluding tert-OH is 1. The van der Waals surface area contributed by atoms with Gasteiger partial charge in [0.2, 0.25) is 0 Å². The topological polar surface area (TPSA) is 56.7 Å². The molecule has 1 aliphatic carbocycles. The minimum absolute atomic E-state index is 0. The van der Waals surface area contributed by atoms with Crippen LogP contribution in [-0.2, 0) is 0 Å². The van der Waals surface area contributed by atoms with Crippen molar-refractivity contribution in [1.29, 1.82) is 0 Å². The fraction of sp³-hybridized carbons (Fsp3) is 0.941. The van der Waals surface area contributed by atoms with Crippen LogP contribution in [0.15, 0.2) is 4.99 Å². The van der Waals surface area contributed by atoms with Crippen molar-refractivity contribution in [2.45, 2.75) is 78.9 Å². The fourth-order valence-electron chi connectivity index (χ4n) is 3.20. The van der Waals surface area contributed by atoms with Gasteiger partial charge in [0.05, 0.1) is 6.10 Å². The molecule has 0 spiro atoms. The monoisotopic (exact) mass is 425 g/mol. The molecule has 0 unspecified atom stereocenters. The summed E-state index contributed by atoms with van der Waals surface area (Å²) in [6.07, 6.45) is 4.94. The second kappa shape index (κ2) is 10.7. The number of hydrogen-bond acceptors (Lipinski definition) is 2. The van der Waals surface area contributed by atoms with Crippen LogP contribution in [0.4, 0.5) is 0 Å². The summed E-state index contributed by atoms with van der Waals surface area (Å²) in [4.78, 5) is 4.78. The molecule has 22 heavy (non-hydrogen) atoms. The van der Waals surface area contributed by atoms with Crippen molar-refractivity contribution in [2.24, 2.45) is 16.3 Å². The molecule has 1 saturated carbocycles. The van der Waals surface area contributed by atoms with Gasteiger partial charge in [-0.3, -0.25) is 4.99 Å². The van der Waals surface area contributed by atoms with E-state index in [2.05, 4.69) is 45.3 Å². The van der Waals surface area contributed by atoms with Crippen LogP contribution < -0.4 is 10.6 Å². The maximum absolute atomic E-state index is 9.58. The van der Waals surface area contributed by atoms with Gasteiger partial charge in [0.1, 0.15) is 0 Å². The molecule has 5 heteroatoms. The van der Waals surface area contributed by atoms with Gasteiger partial charge in [-0.25, -0.2) is 0 Å². The summed E-state index contributed by atoms with van der Waals surface area (Å²) in [5, 5.41) is 16.5. The van der Waals surface area contributed by atoms with Gasteiger partial charge in [0.15, 0.2) is 5.96 Å². The number of aliphatic hydroxyl groups is 1. The smallest absolute Gasteiger partial charge is 0.191 e. The van der Waals surface area contributed by atoms with Crippen molar-refractivity contribution in [1.82, 2.24) is 10.6 Å². The van der Waals surface area contributed by atoms with Gasteiger partial charge in [-0.2, -0.15) is 0 Å². The lowest BCUT2D eigenvalue weighted by Crippen LogP contribution is -2.45. The molecule has 0 aromatic carbocycles. The number of rotatable bonds is 6. The number of nitrogens with zero attached hydrogens (tertiary/aromatic N) is 1. The normalized spacial score (nSPS) is 23.1. The van der Waals surface area contributed by atoms with Crippen LogP contribution in [0.2, 0.25) is 0 Å². The van der Waals surface area contributed by atoms with E-state index in [9.17, 15) is 5.11 Å². The van der Waals surface area contributed by atoms with Crippen molar-refractivity contribution in [2.75, 3.05) is 13.1 Å². The van der Waals surface area contributed by atoms with Crippen LogP contribution in [0, 0.1) is 11.3 Å². The lowest BCUT2D eigenvalue weighted by molar-refractivity contribution is 0.120. The predicted octanol–water partition coefficient (Wildman–Crippen LogP) is 3.54. The second-order valence-electron chi connectivity index (χ2n) is 7.61. The van der Waals surface area contributed by atoms with E-state index in [1.165, 1.54) is 6.42 Å². The zero-order valence-corrected chi connectivity index (χ0v) is 17.3. The van der Waals surface area contributed by atoms with Crippen LogP contribution in [-0.4, -0.2) is 36.3 Å². The average Bonchev–Trinajstić information content (AvgIpc) is 2.37. The molecular weight excluding hydrogens is 389 g/mol. The molecule has 1 rings (SSSR count). The molecule has 0 aliphatic heterocycles. The predicted molar refractivity (Wildman–Crippen MR) is 106 cm³/mol. The number of halogens is 1. The van der Waals surface area contributed by atoms with Crippen LogP contribution in [0.1, 0.15) is 66.7 Å². The molecule has 132 valence electrons. The Morgan fingerprint density at radius 2 is 1.82 bits per heavy atom. The summed E-state index contributed by atoms with van der Waals surface area (Å²) in [6, 6.07) is 0.444. The Hall–Kier alpha value is -0.0400. The van der Waals surface area contributed by atoms with Crippen LogP contribution >= 0.6 is 24.0 Å². The summed E-state index contributed by atoms with van der Waals surface area (Å²) >= 11 is 0. The highest BCUT2D eigenvalue weighted by molar-refractivity contribution is 14.0. The van der Waals surface area contributed by atoms with E-state index in [0.29, 0.717) is 12.0 Å². The van der Waals surface area contributed by atoms with Crippen molar-refractivity contribution in [3.8, 4) is 0 Å². The SMILES string of the molecule is CCNC(=NCC(C)(C)CC(C)C)NC1CCC(O)CC1.I. The van der Waals surface area contributed by atoms with Crippen LogP contribution in [0.25, 0.3) is 0 Å². The van der Waals surface area contributed by atoms with Crippen molar-refractivity contribution < 1.29 is 5.11 Å². The molecule has 0 aromatic heterocycles. The number of nitrogens with one attached hydrogen (secondary N) is 2. The molecule has 3 N–H and O–H groups in total. The van der Waals surface area contributed by atoms with Crippen LogP contribution in [0.3, 0.4) is 0 Å². The van der Waals surface area contributed by atoms with Gasteiger partial charge < -0.3 is 15.7 Å². The third kappa shape index (κ3) is 9.18. The first-order valence-electron chi connectivity index (χ1n) is 8.55. The number of aliphatic imine (C=N–C) groups is 1. The summed E-state index contributed by atoms with van der Waals surface area (Å²) in [6.45, 7) is 12.9. The molecule has 0 atom stereocenters. The number of hydrogen-bond donors (Lipinski definition) is 3. The maximum atomic E-state index is 9.58. The first-order valence-corrected chi connectivity index (χ1v) is 8.55. The Balaban J connectivity index is 0.00000441. The summed E-state index contributed by atoms with van der Waals surface area (Å²) < 4.78 is 0. The highest BCUT2D eigenvalue weighted by Crippen LogP contribution is 2.25. The molecule has 0 radical (unpaired) electrons. The Morgan fingerprint density at radius 3 is 2.32 bits per heavy atom. The second-order valence-corrected chi connectivity index (χ2v) is 7.61. The quantitative estimate of drug-likeness (QED) is 0.347. The molecule has 0 aromatic rings. The summed E-state index contributed by atoms with van der Waals surface area (Å²) in [5.41, 5.74) is 0.235. The van der Waals surface area contributed by atoms with E-state index in [1.54, 1.807) is 0 Å².